The third-order valence-corrected chi connectivity index (χ3v) is 4.14. The quantitative estimate of drug-likeness (QED) is 0.464. The molecule has 0 aliphatic carbocycles. The maximum Gasteiger partial charge on any atom is 0.361 e. The van der Waals surface area contributed by atoms with Crippen molar-refractivity contribution in [2.75, 3.05) is 6.61 Å². The number of H-pyrrole nitrogens is 1. The number of carbonyl (C=O) groups is 2. The Kier molecular flexibility index (Phi) is 6.09. The largest absolute Gasteiger partial charge is 0.461 e. The highest BCUT2D eigenvalue weighted by Gasteiger charge is 2.27. The Labute approximate surface area is 172 Å². The highest BCUT2D eigenvalue weighted by Crippen LogP contribution is 2.39. The van der Waals surface area contributed by atoms with E-state index in [2.05, 4.69) is 15.4 Å². The Morgan fingerprint density at radius 3 is 2.45 bits per heavy atom. The van der Waals surface area contributed by atoms with Gasteiger partial charge >= 0.3 is 11.9 Å². The molecule has 0 bridgehead atoms. The van der Waals surface area contributed by atoms with E-state index >= 15 is 0 Å². The van der Waals surface area contributed by atoms with Crippen molar-refractivity contribution < 1.29 is 27.8 Å². The van der Waals surface area contributed by atoms with Crippen LogP contribution in [0, 0.1) is 11.6 Å². The zero-order valence-electron chi connectivity index (χ0n) is 14.6. The molecule has 1 heterocycles. The van der Waals surface area contributed by atoms with Gasteiger partial charge in [0.05, 0.1) is 17.2 Å². The number of benzene rings is 2. The molecule has 29 heavy (non-hydrogen) atoms. The van der Waals surface area contributed by atoms with Gasteiger partial charge in [0.25, 0.3) is 0 Å². The number of carbonyl (C=O) groups excluding carboxylic acids is 2. The summed E-state index contributed by atoms with van der Waals surface area (Å²) in [6, 6.07) is 5.45. The molecule has 2 aromatic carbocycles. The first-order chi connectivity index (χ1) is 13.8. The van der Waals surface area contributed by atoms with Gasteiger partial charge in [-0.3, -0.25) is 0 Å². The number of esters is 2. The molecule has 1 N–H and O–H groups in total. The van der Waals surface area contributed by atoms with Crippen molar-refractivity contribution >= 4 is 35.1 Å². The molecule has 0 saturated carbocycles. The van der Waals surface area contributed by atoms with E-state index in [1.165, 1.54) is 12.1 Å². The zero-order valence-corrected chi connectivity index (χ0v) is 16.1. The SMILES string of the molecule is CCOC(=O)c1n[nH]nc1-c1cc(Cl)cc(Cl)c1OC(=O)c1c(F)cccc1F. The van der Waals surface area contributed by atoms with E-state index in [0.29, 0.717) is 0 Å². The maximum atomic E-state index is 13.9. The lowest BCUT2D eigenvalue weighted by Gasteiger charge is -2.12. The molecule has 0 radical (unpaired) electrons. The topological polar surface area (TPSA) is 94.2 Å². The van der Waals surface area contributed by atoms with Crippen LogP contribution in [-0.4, -0.2) is 34.0 Å². The van der Waals surface area contributed by atoms with Crippen LogP contribution in [0.15, 0.2) is 30.3 Å². The molecule has 0 fully saturated rings. The monoisotopic (exact) mass is 441 g/mol. The van der Waals surface area contributed by atoms with Gasteiger partial charge in [0.15, 0.2) is 11.4 Å². The molecule has 0 aliphatic heterocycles. The van der Waals surface area contributed by atoms with Gasteiger partial charge in [-0.2, -0.15) is 10.3 Å². The summed E-state index contributed by atoms with van der Waals surface area (Å²) in [6.45, 7) is 1.68. The number of ether oxygens (including phenoxy) is 2. The van der Waals surface area contributed by atoms with Gasteiger partial charge < -0.3 is 9.47 Å². The van der Waals surface area contributed by atoms with E-state index in [0.717, 1.165) is 18.2 Å². The number of halogens is 4. The Hall–Kier alpha value is -3.04. The molecular weight excluding hydrogens is 431 g/mol. The van der Waals surface area contributed by atoms with Crippen molar-refractivity contribution in [3.8, 4) is 17.0 Å². The average molecular weight is 442 g/mol. The molecule has 7 nitrogen and oxygen atoms in total. The van der Waals surface area contributed by atoms with Crippen LogP contribution in [0.4, 0.5) is 8.78 Å². The first kappa shape index (κ1) is 20.7. The smallest absolute Gasteiger partial charge is 0.361 e. The van der Waals surface area contributed by atoms with Crippen LogP contribution in [0.2, 0.25) is 10.0 Å². The first-order valence-corrected chi connectivity index (χ1v) is 8.82. The summed E-state index contributed by atoms with van der Waals surface area (Å²) >= 11 is 12.1. The molecule has 0 saturated heterocycles. The van der Waals surface area contributed by atoms with Crippen LogP contribution in [0.25, 0.3) is 11.3 Å². The maximum absolute atomic E-state index is 13.9. The van der Waals surface area contributed by atoms with E-state index in [1.807, 2.05) is 0 Å². The van der Waals surface area contributed by atoms with Crippen molar-refractivity contribution in [1.82, 2.24) is 15.4 Å². The van der Waals surface area contributed by atoms with Crippen LogP contribution < -0.4 is 4.74 Å². The van der Waals surface area contributed by atoms with E-state index in [-0.39, 0.29) is 39.4 Å². The molecule has 0 spiro atoms. The Morgan fingerprint density at radius 2 is 1.79 bits per heavy atom. The standard InChI is InChI=1S/C18H11Cl2F2N3O4/c1-2-28-18(27)15-14(23-25-24-15)9-6-8(19)7-10(20)16(9)29-17(26)13-11(21)4-3-5-12(13)22/h3-7H,2H2,1H3,(H,23,24,25). The van der Waals surface area contributed by atoms with E-state index < -0.39 is 29.1 Å². The predicted molar refractivity (Wildman–Crippen MR) is 99.1 cm³/mol. The van der Waals surface area contributed by atoms with Crippen LogP contribution in [-0.2, 0) is 4.74 Å². The van der Waals surface area contributed by atoms with Gasteiger partial charge in [-0.25, -0.2) is 18.4 Å². The number of aromatic nitrogens is 3. The highest BCUT2D eigenvalue weighted by molar-refractivity contribution is 6.36. The predicted octanol–water partition coefficient (Wildman–Crippen LogP) is 4.45. The number of nitrogens with one attached hydrogen (secondary N) is 1. The molecule has 3 rings (SSSR count). The van der Waals surface area contributed by atoms with Crippen molar-refractivity contribution in [3.05, 3.63) is 63.3 Å². The van der Waals surface area contributed by atoms with Crippen LogP contribution in [0.3, 0.4) is 0 Å². The van der Waals surface area contributed by atoms with Crippen LogP contribution in [0.5, 0.6) is 5.75 Å². The summed E-state index contributed by atoms with van der Waals surface area (Å²) in [5.74, 6) is -4.69. The van der Waals surface area contributed by atoms with Gasteiger partial charge in [-0.1, -0.05) is 29.3 Å². The lowest BCUT2D eigenvalue weighted by molar-refractivity contribution is 0.0520. The lowest BCUT2D eigenvalue weighted by Crippen LogP contribution is -2.14. The number of nitrogens with zero attached hydrogens (tertiary/aromatic N) is 2. The summed E-state index contributed by atoms with van der Waals surface area (Å²) < 4.78 is 37.9. The number of hydrogen-bond acceptors (Lipinski definition) is 6. The summed E-state index contributed by atoms with van der Waals surface area (Å²) in [7, 11) is 0. The van der Waals surface area contributed by atoms with Crippen molar-refractivity contribution in [2.24, 2.45) is 0 Å². The molecule has 150 valence electrons. The van der Waals surface area contributed by atoms with E-state index in [1.54, 1.807) is 6.92 Å². The average Bonchev–Trinajstić information content (AvgIpc) is 3.13. The second-order valence-corrected chi connectivity index (χ2v) is 6.34. The Morgan fingerprint density at radius 1 is 1.10 bits per heavy atom. The third-order valence-electron chi connectivity index (χ3n) is 3.64. The van der Waals surface area contributed by atoms with Gasteiger partial charge in [-0.05, 0) is 31.2 Å². The van der Waals surface area contributed by atoms with Gasteiger partial charge in [0.1, 0.15) is 22.9 Å². The Balaban J connectivity index is 2.09. The summed E-state index contributed by atoms with van der Waals surface area (Å²) in [4.78, 5) is 24.5. The van der Waals surface area contributed by atoms with Gasteiger partial charge in [0, 0.05) is 5.02 Å². The van der Waals surface area contributed by atoms with E-state index in [4.69, 9.17) is 32.7 Å². The first-order valence-electron chi connectivity index (χ1n) is 8.07. The molecule has 3 aromatic rings. The molecular formula is C18H11Cl2F2N3O4. The minimum atomic E-state index is -1.34. The number of aromatic amines is 1. The lowest BCUT2D eigenvalue weighted by atomic mass is 10.1. The fourth-order valence-corrected chi connectivity index (χ4v) is 2.97. The molecule has 0 unspecified atom stereocenters. The Bertz CT molecular complexity index is 1080. The minimum absolute atomic E-state index is 0.00981. The second kappa shape index (κ2) is 8.54. The molecule has 11 heteroatoms. The third kappa shape index (κ3) is 4.20. The second-order valence-electron chi connectivity index (χ2n) is 5.49. The molecule has 0 atom stereocenters. The van der Waals surface area contributed by atoms with Crippen molar-refractivity contribution in [1.29, 1.82) is 0 Å². The van der Waals surface area contributed by atoms with Crippen molar-refractivity contribution in [2.45, 2.75) is 6.92 Å². The zero-order chi connectivity index (χ0) is 21.1. The summed E-state index contributed by atoms with van der Waals surface area (Å²) in [6.07, 6.45) is 0. The van der Waals surface area contributed by atoms with Crippen LogP contribution >= 0.6 is 23.2 Å². The summed E-state index contributed by atoms with van der Waals surface area (Å²) in [5.41, 5.74) is -1.22. The molecule has 1 aromatic heterocycles. The van der Waals surface area contributed by atoms with Gasteiger partial charge in [-0.15, -0.1) is 5.10 Å². The van der Waals surface area contributed by atoms with Crippen molar-refractivity contribution in [3.63, 3.8) is 0 Å². The minimum Gasteiger partial charge on any atom is -0.461 e. The number of rotatable bonds is 5. The normalized spacial score (nSPS) is 10.7. The number of hydrogen-bond donors (Lipinski definition) is 1. The molecule has 0 amide bonds. The summed E-state index contributed by atoms with van der Waals surface area (Å²) in [5, 5.41) is 9.80. The van der Waals surface area contributed by atoms with E-state index in [9.17, 15) is 18.4 Å². The molecule has 0 aliphatic rings. The highest BCUT2D eigenvalue weighted by atomic mass is 35.5. The van der Waals surface area contributed by atoms with Crippen LogP contribution in [0.1, 0.15) is 27.8 Å². The van der Waals surface area contributed by atoms with Gasteiger partial charge in [0.2, 0.25) is 0 Å². The fourth-order valence-electron chi connectivity index (χ4n) is 2.44. The fraction of sp³-hybridized carbons (Fsp3) is 0.111.